The van der Waals surface area contributed by atoms with Gasteiger partial charge in [0.25, 0.3) is 0 Å². The molecule has 2 rings (SSSR count). The summed E-state index contributed by atoms with van der Waals surface area (Å²) < 4.78 is 51.0. The first-order valence-electron chi connectivity index (χ1n) is 6.18. The van der Waals surface area contributed by atoms with Gasteiger partial charge in [0.2, 0.25) is 5.95 Å². The summed E-state index contributed by atoms with van der Waals surface area (Å²) >= 11 is 0. The molecule has 0 fully saturated rings. The maximum absolute atomic E-state index is 12.9. The molecule has 0 aliphatic rings. The number of hydrogen-bond donors (Lipinski definition) is 1. The van der Waals surface area contributed by atoms with E-state index in [4.69, 9.17) is 5.26 Å². The van der Waals surface area contributed by atoms with Gasteiger partial charge in [0.15, 0.2) is 0 Å². The van der Waals surface area contributed by atoms with Gasteiger partial charge >= 0.3 is 6.18 Å². The van der Waals surface area contributed by atoms with Gasteiger partial charge in [0.1, 0.15) is 11.9 Å². The highest BCUT2D eigenvalue weighted by atomic mass is 19.4. The zero-order valence-corrected chi connectivity index (χ0v) is 11.1. The van der Waals surface area contributed by atoms with E-state index < -0.39 is 24.5 Å². The van der Waals surface area contributed by atoms with Crippen LogP contribution in [0.1, 0.15) is 23.6 Å². The molecule has 0 aliphatic heterocycles. The predicted molar refractivity (Wildman–Crippen MR) is 70.2 cm³/mol. The molecule has 0 bridgehead atoms. The summed E-state index contributed by atoms with van der Waals surface area (Å²) in [6.45, 7) is 0. The average Bonchev–Trinajstić information content (AvgIpc) is 2.47. The Morgan fingerprint density at radius 3 is 2.23 bits per heavy atom. The van der Waals surface area contributed by atoms with Gasteiger partial charge in [-0.3, -0.25) is 0 Å². The van der Waals surface area contributed by atoms with Gasteiger partial charge in [0, 0.05) is 0 Å². The van der Waals surface area contributed by atoms with Gasteiger partial charge in [-0.15, -0.1) is 0 Å². The normalized spacial score (nSPS) is 12.5. The first kappa shape index (κ1) is 15.7. The molecule has 1 heterocycles. The highest BCUT2D eigenvalue weighted by molar-refractivity contribution is 5.34. The van der Waals surface area contributed by atoms with Crippen molar-refractivity contribution in [2.24, 2.45) is 0 Å². The molecule has 0 saturated carbocycles. The monoisotopic (exact) mass is 310 g/mol. The fraction of sp³-hybridized carbons (Fsp3) is 0.214. The number of halogens is 4. The molecule has 0 amide bonds. The van der Waals surface area contributed by atoms with Crippen LogP contribution in [0.5, 0.6) is 0 Å². The largest absolute Gasteiger partial charge is 0.391 e. The van der Waals surface area contributed by atoms with Gasteiger partial charge in [-0.2, -0.15) is 18.4 Å². The zero-order valence-electron chi connectivity index (χ0n) is 11.1. The summed E-state index contributed by atoms with van der Waals surface area (Å²) in [5, 5.41) is 11.2. The summed E-state index contributed by atoms with van der Waals surface area (Å²) in [6, 6.07) is 5.35. The van der Waals surface area contributed by atoms with E-state index in [1.165, 1.54) is 24.5 Å². The lowest BCUT2D eigenvalue weighted by Gasteiger charge is -2.20. The van der Waals surface area contributed by atoms with Crippen molar-refractivity contribution in [2.45, 2.75) is 18.6 Å². The third-order valence-corrected chi connectivity index (χ3v) is 2.79. The van der Waals surface area contributed by atoms with Crippen LogP contribution in [0.15, 0.2) is 36.7 Å². The summed E-state index contributed by atoms with van der Waals surface area (Å²) in [7, 11) is 0. The first-order chi connectivity index (χ1) is 10.4. The van der Waals surface area contributed by atoms with Crippen molar-refractivity contribution in [1.82, 2.24) is 9.97 Å². The van der Waals surface area contributed by atoms with E-state index in [1.54, 1.807) is 0 Å². The molecule has 1 aromatic heterocycles. The lowest BCUT2D eigenvalue weighted by molar-refractivity contribution is -0.137. The lowest BCUT2D eigenvalue weighted by Crippen LogP contribution is -2.21. The number of hydrogen-bond acceptors (Lipinski definition) is 4. The van der Waals surface area contributed by atoms with E-state index in [9.17, 15) is 17.6 Å². The average molecular weight is 310 g/mol. The minimum Gasteiger partial charge on any atom is -0.347 e. The topological polar surface area (TPSA) is 61.6 Å². The van der Waals surface area contributed by atoms with Gasteiger partial charge < -0.3 is 5.32 Å². The Kier molecular flexibility index (Phi) is 4.56. The summed E-state index contributed by atoms with van der Waals surface area (Å²) in [6.07, 6.45) is -3.18. The van der Waals surface area contributed by atoms with Crippen molar-refractivity contribution in [3.8, 4) is 6.07 Å². The third-order valence-electron chi connectivity index (χ3n) is 2.79. The molecule has 0 aliphatic carbocycles. The Morgan fingerprint density at radius 2 is 1.73 bits per heavy atom. The van der Waals surface area contributed by atoms with Crippen molar-refractivity contribution in [3.05, 3.63) is 53.6 Å². The van der Waals surface area contributed by atoms with E-state index >= 15 is 0 Å². The molecule has 1 atom stereocenters. The van der Waals surface area contributed by atoms with Crippen molar-refractivity contribution >= 4 is 5.95 Å². The molecular weight excluding hydrogens is 300 g/mol. The molecule has 114 valence electrons. The van der Waals surface area contributed by atoms with Crippen molar-refractivity contribution in [3.63, 3.8) is 0 Å². The van der Waals surface area contributed by atoms with Crippen LogP contribution in [0, 0.1) is 17.1 Å². The first-order valence-corrected chi connectivity index (χ1v) is 6.18. The smallest absolute Gasteiger partial charge is 0.347 e. The minimum atomic E-state index is -4.42. The second-order valence-corrected chi connectivity index (χ2v) is 4.47. The maximum Gasteiger partial charge on any atom is 0.391 e. The molecule has 0 spiro atoms. The van der Waals surface area contributed by atoms with Crippen LogP contribution < -0.4 is 5.32 Å². The van der Waals surface area contributed by atoms with E-state index in [0.29, 0.717) is 0 Å². The molecule has 1 N–H and O–H groups in total. The maximum atomic E-state index is 12.9. The number of aromatic nitrogens is 2. The number of rotatable bonds is 4. The number of nitrogens with zero attached hydrogens (tertiary/aromatic N) is 3. The molecule has 0 radical (unpaired) electrons. The van der Waals surface area contributed by atoms with Crippen LogP contribution in [0.25, 0.3) is 0 Å². The van der Waals surface area contributed by atoms with E-state index in [1.807, 2.05) is 6.07 Å². The Bertz CT molecular complexity index is 659. The van der Waals surface area contributed by atoms with Crippen LogP contribution in [0.2, 0.25) is 0 Å². The number of benzene rings is 1. The van der Waals surface area contributed by atoms with Gasteiger partial charge in [-0.1, -0.05) is 12.1 Å². The van der Waals surface area contributed by atoms with Crippen LogP contribution in [-0.2, 0) is 0 Å². The highest BCUT2D eigenvalue weighted by Crippen LogP contribution is 2.31. The fourth-order valence-corrected chi connectivity index (χ4v) is 1.79. The Hall–Kier alpha value is -2.69. The number of anilines is 1. The van der Waals surface area contributed by atoms with Crippen LogP contribution in [0.3, 0.4) is 0 Å². The highest BCUT2D eigenvalue weighted by Gasteiger charge is 2.33. The van der Waals surface area contributed by atoms with Gasteiger partial charge in [0.05, 0.1) is 30.4 Å². The second kappa shape index (κ2) is 6.39. The Labute approximate surface area is 123 Å². The number of nitrogens with one attached hydrogen (secondary N) is 1. The van der Waals surface area contributed by atoms with Crippen LogP contribution >= 0.6 is 0 Å². The van der Waals surface area contributed by atoms with Crippen molar-refractivity contribution < 1.29 is 17.6 Å². The Balaban J connectivity index is 2.23. The second-order valence-electron chi connectivity index (χ2n) is 4.47. The number of alkyl halides is 3. The molecule has 4 nitrogen and oxygen atoms in total. The molecule has 0 saturated heterocycles. The molecular formula is C14H10F4N4. The molecule has 8 heteroatoms. The fourth-order valence-electron chi connectivity index (χ4n) is 1.79. The SMILES string of the molecule is N#Cc1cnc(NC(CC(F)(F)F)c2ccc(F)cc2)nc1. The van der Waals surface area contributed by atoms with Crippen LogP contribution in [-0.4, -0.2) is 16.1 Å². The zero-order chi connectivity index (χ0) is 16.2. The number of nitriles is 1. The summed E-state index contributed by atoms with van der Waals surface area (Å²) in [4.78, 5) is 7.55. The summed E-state index contributed by atoms with van der Waals surface area (Å²) in [5.41, 5.74) is 0.450. The quantitative estimate of drug-likeness (QED) is 0.877. The van der Waals surface area contributed by atoms with Crippen LogP contribution in [0.4, 0.5) is 23.5 Å². The standard InChI is InChI=1S/C14H10F4N4/c15-11-3-1-10(2-4-11)12(5-14(16,17)18)22-13-20-7-9(6-19)8-21-13/h1-4,7-8,12H,5H2,(H,20,21,22). The lowest BCUT2D eigenvalue weighted by atomic mass is 10.0. The minimum absolute atomic E-state index is 0.0439. The van der Waals surface area contributed by atoms with E-state index in [-0.39, 0.29) is 17.1 Å². The van der Waals surface area contributed by atoms with Gasteiger partial charge in [-0.05, 0) is 17.7 Å². The van der Waals surface area contributed by atoms with Crippen molar-refractivity contribution in [1.29, 1.82) is 5.26 Å². The molecule has 1 unspecified atom stereocenters. The predicted octanol–water partition coefficient (Wildman–Crippen LogP) is 3.59. The van der Waals surface area contributed by atoms with Gasteiger partial charge in [-0.25, -0.2) is 14.4 Å². The van der Waals surface area contributed by atoms with E-state index in [0.717, 1.165) is 12.1 Å². The molecule has 2 aromatic rings. The van der Waals surface area contributed by atoms with E-state index in [2.05, 4.69) is 15.3 Å². The molecule has 22 heavy (non-hydrogen) atoms. The molecule has 1 aromatic carbocycles. The Morgan fingerprint density at radius 1 is 1.14 bits per heavy atom. The van der Waals surface area contributed by atoms with Crippen molar-refractivity contribution in [2.75, 3.05) is 5.32 Å². The third kappa shape index (κ3) is 4.41. The summed E-state index contributed by atoms with van der Waals surface area (Å²) in [5.74, 6) is -0.582.